The predicted molar refractivity (Wildman–Crippen MR) is 41.7 cm³/mol. The van der Waals surface area contributed by atoms with Crippen LogP contribution < -0.4 is 0 Å². The monoisotopic (exact) mass is 171 g/mol. The highest BCUT2D eigenvalue weighted by atomic mass is 16.6. The molecule has 1 saturated heterocycles. The number of aliphatic hydroxyl groups excluding tert-OH is 1. The number of hydrogen-bond donors (Lipinski definition) is 1. The van der Waals surface area contributed by atoms with Gasteiger partial charge in [0, 0.05) is 19.5 Å². The van der Waals surface area contributed by atoms with Gasteiger partial charge in [-0.15, -0.1) is 0 Å². The van der Waals surface area contributed by atoms with Crippen molar-refractivity contribution in [3.05, 3.63) is 0 Å². The largest absolute Gasteiger partial charge is 0.443 e. The summed E-state index contributed by atoms with van der Waals surface area (Å²) in [6.07, 6.45) is 1.87. The Bertz CT molecular complexity index is 189. The van der Waals surface area contributed by atoms with Gasteiger partial charge in [0.15, 0.2) is 0 Å². The molecule has 4 heteroatoms. The molecule has 1 aliphatic carbocycles. The van der Waals surface area contributed by atoms with Crippen molar-refractivity contribution < 1.29 is 14.6 Å². The van der Waals surface area contributed by atoms with E-state index in [2.05, 4.69) is 0 Å². The van der Waals surface area contributed by atoms with Crippen LogP contribution in [0.3, 0.4) is 0 Å². The SMILES string of the molecule is O=C(O[C@H]1CC1O)N1CCCC1. The number of carbonyl (C=O) groups excluding carboxylic acids is 1. The van der Waals surface area contributed by atoms with Gasteiger partial charge in [-0.25, -0.2) is 4.79 Å². The van der Waals surface area contributed by atoms with E-state index >= 15 is 0 Å². The molecule has 0 spiro atoms. The van der Waals surface area contributed by atoms with Crippen LogP contribution in [0.2, 0.25) is 0 Å². The first-order valence-electron chi connectivity index (χ1n) is 4.41. The number of nitrogens with zero attached hydrogens (tertiary/aromatic N) is 1. The van der Waals surface area contributed by atoms with Crippen LogP contribution in [0.4, 0.5) is 4.79 Å². The van der Waals surface area contributed by atoms with Gasteiger partial charge in [-0.1, -0.05) is 0 Å². The lowest BCUT2D eigenvalue weighted by Gasteiger charge is -2.14. The average Bonchev–Trinajstić information content (AvgIpc) is 2.58. The third-order valence-electron chi connectivity index (χ3n) is 2.32. The van der Waals surface area contributed by atoms with E-state index in [4.69, 9.17) is 9.84 Å². The van der Waals surface area contributed by atoms with E-state index in [1.807, 2.05) is 0 Å². The summed E-state index contributed by atoms with van der Waals surface area (Å²) >= 11 is 0. The Morgan fingerprint density at radius 3 is 2.50 bits per heavy atom. The van der Waals surface area contributed by atoms with Crippen molar-refractivity contribution in [1.82, 2.24) is 4.90 Å². The van der Waals surface area contributed by atoms with E-state index in [-0.39, 0.29) is 12.2 Å². The maximum absolute atomic E-state index is 11.2. The molecule has 0 aromatic carbocycles. The Morgan fingerprint density at radius 1 is 1.42 bits per heavy atom. The molecule has 1 aliphatic heterocycles. The second-order valence-electron chi connectivity index (χ2n) is 3.42. The van der Waals surface area contributed by atoms with Gasteiger partial charge in [-0.05, 0) is 12.8 Å². The zero-order chi connectivity index (χ0) is 8.55. The van der Waals surface area contributed by atoms with Crippen molar-refractivity contribution in [3.8, 4) is 0 Å². The second-order valence-corrected chi connectivity index (χ2v) is 3.42. The average molecular weight is 171 g/mol. The first-order chi connectivity index (χ1) is 5.77. The minimum Gasteiger partial charge on any atom is -0.443 e. The minimum atomic E-state index is -0.406. The van der Waals surface area contributed by atoms with Gasteiger partial charge in [0.2, 0.25) is 0 Å². The molecule has 1 heterocycles. The maximum Gasteiger partial charge on any atom is 0.410 e. The van der Waals surface area contributed by atoms with Crippen LogP contribution in [0.25, 0.3) is 0 Å². The Morgan fingerprint density at radius 2 is 2.00 bits per heavy atom. The van der Waals surface area contributed by atoms with E-state index in [0.717, 1.165) is 25.9 Å². The summed E-state index contributed by atoms with van der Waals surface area (Å²) in [6, 6.07) is 0. The number of amides is 1. The Labute approximate surface area is 71.1 Å². The number of likely N-dealkylation sites (tertiary alicyclic amines) is 1. The van der Waals surface area contributed by atoms with Crippen molar-refractivity contribution in [2.75, 3.05) is 13.1 Å². The summed E-state index contributed by atoms with van der Waals surface area (Å²) < 4.78 is 4.99. The highest BCUT2D eigenvalue weighted by Gasteiger charge is 2.40. The highest BCUT2D eigenvalue weighted by Crippen LogP contribution is 2.26. The molecule has 68 valence electrons. The summed E-state index contributed by atoms with van der Waals surface area (Å²) in [6.45, 7) is 1.61. The van der Waals surface area contributed by atoms with Crippen LogP contribution in [0.5, 0.6) is 0 Å². The third-order valence-corrected chi connectivity index (χ3v) is 2.32. The summed E-state index contributed by atoms with van der Waals surface area (Å²) in [4.78, 5) is 12.9. The first-order valence-corrected chi connectivity index (χ1v) is 4.41. The van der Waals surface area contributed by atoms with Gasteiger partial charge >= 0.3 is 6.09 Å². The highest BCUT2D eigenvalue weighted by molar-refractivity contribution is 5.68. The lowest BCUT2D eigenvalue weighted by molar-refractivity contribution is 0.0853. The zero-order valence-electron chi connectivity index (χ0n) is 6.90. The molecular formula is C8H13NO3. The van der Waals surface area contributed by atoms with Gasteiger partial charge < -0.3 is 14.7 Å². The standard InChI is InChI=1S/C8H13NO3/c10-6-5-7(6)12-8(11)9-3-1-2-4-9/h6-7,10H,1-5H2/t6?,7-/m0/s1. The van der Waals surface area contributed by atoms with Gasteiger partial charge in [0.25, 0.3) is 0 Å². The fraction of sp³-hybridized carbons (Fsp3) is 0.875. The molecule has 0 bridgehead atoms. The molecule has 1 N–H and O–H groups in total. The van der Waals surface area contributed by atoms with Gasteiger partial charge in [0.1, 0.15) is 6.10 Å². The molecule has 0 aromatic rings. The van der Waals surface area contributed by atoms with Gasteiger partial charge in [-0.3, -0.25) is 0 Å². The quantitative estimate of drug-likeness (QED) is 0.619. The molecule has 4 nitrogen and oxygen atoms in total. The van der Waals surface area contributed by atoms with Gasteiger partial charge in [-0.2, -0.15) is 0 Å². The van der Waals surface area contributed by atoms with Gasteiger partial charge in [0.05, 0.1) is 6.10 Å². The van der Waals surface area contributed by atoms with Crippen LogP contribution in [-0.2, 0) is 4.74 Å². The number of carbonyl (C=O) groups is 1. The second kappa shape index (κ2) is 2.94. The zero-order valence-corrected chi connectivity index (χ0v) is 6.90. The molecule has 2 aliphatic rings. The Balaban J connectivity index is 1.76. The van der Waals surface area contributed by atoms with E-state index in [1.54, 1.807) is 4.90 Å². The summed E-state index contributed by atoms with van der Waals surface area (Å²) in [5, 5.41) is 8.92. The number of hydrogen-bond acceptors (Lipinski definition) is 3. The van der Waals surface area contributed by atoms with Crippen molar-refractivity contribution in [2.24, 2.45) is 0 Å². The van der Waals surface area contributed by atoms with Crippen molar-refractivity contribution in [2.45, 2.75) is 31.5 Å². The summed E-state index contributed by atoms with van der Waals surface area (Å²) in [7, 11) is 0. The molecule has 2 fully saturated rings. The van der Waals surface area contributed by atoms with E-state index in [1.165, 1.54) is 0 Å². The smallest absolute Gasteiger partial charge is 0.410 e. The lowest BCUT2D eigenvalue weighted by atomic mass is 10.4. The lowest BCUT2D eigenvalue weighted by Crippen LogP contribution is -2.29. The van der Waals surface area contributed by atoms with E-state index < -0.39 is 6.10 Å². The molecule has 1 unspecified atom stereocenters. The molecule has 1 saturated carbocycles. The molecule has 0 radical (unpaired) electrons. The molecular weight excluding hydrogens is 158 g/mol. The summed E-state index contributed by atoms with van der Waals surface area (Å²) in [5.74, 6) is 0. The predicted octanol–water partition coefficient (Wildman–Crippen LogP) is 0.352. The van der Waals surface area contributed by atoms with Crippen LogP contribution in [0, 0.1) is 0 Å². The van der Waals surface area contributed by atoms with Crippen molar-refractivity contribution >= 4 is 6.09 Å². The Kier molecular flexibility index (Phi) is 1.92. The molecule has 0 aromatic heterocycles. The molecule has 1 amide bonds. The van der Waals surface area contributed by atoms with Crippen molar-refractivity contribution in [3.63, 3.8) is 0 Å². The number of aliphatic hydroxyl groups is 1. The first kappa shape index (κ1) is 7.86. The van der Waals surface area contributed by atoms with Crippen LogP contribution >= 0.6 is 0 Å². The van der Waals surface area contributed by atoms with E-state index in [0.29, 0.717) is 6.42 Å². The molecule has 2 atom stereocenters. The van der Waals surface area contributed by atoms with Crippen LogP contribution in [-0.4, -0.2) is 41.4 Å². The van der Waals surface area contributed by atoms with Crippen LogP contribution in [0.1, 0.15) is 19.3 Å². The Hall–Kier alpha value is -0.770. The number of rotatable bonds is 1. The van der Waals surface area contributed by atoms with E-state index in [9.17, 15) is 4.79 Å². The summed E-state index contributed by atoms with van der Waals surface area (Å²) in [5.41, 5.74) is 0. The molecule has 12 heavy (non-hydrogen) atoms. The topological polar surface area (TPSA) is 49.8 Å². The molecule has 2 rings (SSSR count). The fourth-order valence-corrected chi connectivity index (χ4v) is 1.39. The van der Waals surface area contributed by atoms with Crippen molar-refractivity contribution in [1.29, 1.82) is 0 Å². The maximum atomic E-state index is 11.2. The fourth-order valence-electron chi connectivity index (χ4n) is 1.39. The third kappa shape index (κ3) is 1.53. The normalized spacial score (nSPS) is 33.6. The van der Waals surface area contributed by atoms with Crippen LogP contribution in [0.15, 0.2) is 0 Å². The minimum absolute atomic E-state index is 0.224. The number of ether oxygens (including phenoxy) is 1.